The zero-order valence-electron chi connectivity index (χ0n) is 7.21. The maximum Gasteiger partial charge on any atom is 0.0558 e. The lowest BCUT2D eigenvalue weighted by atomic mass is 10.1. The van der Waals surface area contributed by atoms with Gasteiger partial charge in [0, 0.05) is 25.7 Å². The first-order valence-corrected chi connectivity index (χ1v) is 4.44. The summed E-state index contributed by atoms with van der Waals surface area (Å²) in [6.45, 7) is 6.61. The summed E-state index contributed by atoms with van der Waals surface area (Å²) < 4.78 is 0. The first-order valence-electron chi connectivity index (χ1n) is 4.44. The topological polar surface area (TPSA) is 35.5 Å². The summed E-state index contributed by atoms with van der Waals surface area (Å²) in [7, 11) is 0. The van der Waals surface area contributed by atoms with E-state index in [0.717, 1.165) is 26.2 Å². The first kappa shape index (κ1) is 8.97. The van der Waals surface area contributed by atoms with Gasteiger partial charge >= 0.3 is 0 Å². The third-order valence-corrected chi connectivity index (χ3v) is 2.17. The Morgan fingerprint density at radius 2 is 2.18 bits per heavy atom. The van der Waals surface area contributed by atoms with Crippen molar-refractivity contribution >= 4 is 0 Å². The monoisotopic (exact) mass is 158 g/mol. The largest absolute Gasteiger partial charge is 0.395 e. The highest BCUT2D eigenvalue weighted by Crippen LogP contribution is 2.04. The molecule has 0 aromatic heterocycles. The molecule has 1 heterocycles. The van der Waals surface area contributed by atoms with Crippen LogP contribution in [0.4, 0.5) is 0 Å². The maximum absolute atomic E-state index is 8.77. The molecule has 0 spiro atoms. The van der Waals surface area contributed by atoms with E-state index in [2.05, 4.69) is 17.1 Å². The lowest BCUT2D eigenvalue weighted by molar-refractivity contribution is 0.116. The Labute approximate surface area is 68.4 Å². The molecule has 3 heteroatoms. The molecule has 11 heavy (non-hydrogen) atoms. The fourth-order valence-corrected chi connectivity index (χ4v) is 1.42. The van der Waals surface area contributed by atoms with E-state index in [1.54, 1.807) is 0 Å². The van der Waals surface area contributed by atoms with Crippen molar-refractivity contribution in [2.45, 2.75) is 19.4 Å². The molecule has 66 valence electrons. The Kier molecular flexibility index (Phi) is 3.83. The van der Waals surface area contributed by atoms with E-state index in [0.29, 0.717) is 6.04 Å². The third kappa shape index (κ3) is 2.43. The lowest BCUT2D eigenvalue weighted by Crippen LogP contribution is -2.57. The number of nitrogens with zero attached hydrogens (tertiary/aromatic N) is 1. The first-order chi connectivity index (χ1) is 5.38. The van der Waals surface area contributed by atoms with Crippen LogP contribution in [-0.4, -0.2) is 48.8 Å². The van der Waals surface area contributed by atoms with Crippen LogP contribution >= 0.6 is 0 Å². The van der Waals surface area contributed by atoms with Crippen LogP contribution in [0.25, 0.3) is 0 Å². The average Bonchev–Trinajstić information content (AvgIpc) is 1.85. The molecule has 0 radical (unpaired) electrons. The van der Waals surface area contributed by atoms with Crippen LogP contribution in [0.2, 0.25) is 0 Å². The van der Waals surface area contributed by atoms with Crippen LogP contribution in [0.5, 0.6) is 0 Å². The maximum atomic E-state index is 8.77. The average molecular weight is 158 g/mol. The van der Waals surface area contributed by atoms with Gasteiger partial charge in [0.2, 0.25) is 0 Å². The minimum atomic E-state index is 0.288. The molecular weight excluding hydrogens is 140 g/mol. The van der Waals surface area contributed by atoms with Crippen molar-refractivity contribution in [3.63, 3.8) is 0 Å². The quantitative estimate of drug-likeness (QED) is 0.575. The van der Waals surface area contributed by atoms with Gasteiger partial charge < -0.3 is 10.4 Å². The smallest absolute Gasteiger partial charge is 0.0558 e. The second kappa shape index (κ2) is 4.70. The van der Waals surface area contributed by atoms with Gasteiger partial charge in [-0.25, -0.2) is 0 Å². The summed E-state index contributed by atoms with van der Waals surface area (Å²) in [5.74, 6) is 0. The van der Waals surface area contributed by atoms with Crippen LogP contribution in [0.1, 0.15) is 13.3 Å². The second-order valence-electron chi connectivity index (χ2n) is 3.07. The number of aliphatic hydroxyl groups excluding tert-OH is 1. The molecule has 0 saturated carbocycles. The molecular formula is C8H18N2O. The van der Waals surface area contributed by atoms with Gasteiger partial charge in [0.05, 0.1) is 6.61 Å². The second-order valence-corrected chi connectivity index (χ2v) is 3.07. The van der Waals surface area contributed by atoms with Gasteiger partial charge in [-0.2, -0.15) is 0 Å². The van der Waals surface area contributed by atoms with E-state index in [1.807, 2.05) is 0 Å². The van der Waals surface area contributed by atoms with Crippen molar-refractivity contribution in [2.24, 2.45) is 0 Å². The van der Waals surface area contributed by atoms with E-state index in [9.17, 15) is 0 Å². The van der Waals surface area contributed by atoms with Crippen molar-refractivity contribution in [2.75, 3.05) is 32.8 Å². The van der Waals surface area contributed by atoms with E-state index < -0.39 is 0 Å². The summed E-state index contributed by atoms with van der Waals surface area (Å²) in [5, 5.41) is 12.0. The third-order valence-electron chi connectivity index (χ3n) is 2.17. The van der Waals surface area contributed by atoms with Crippen molar-refractivity contribution in [3.05, 3.63) is 0 Å². The number of aliphatic hydroxyl groups is 1. The minimum Gasteiger partial charge on any atom is -0.395 e. The highest BCUT2D eigenvalue weighted by Gasteiger charge is 2.22. The van der Waals surface area contributed by atoms with Gasteiger partial charge in [-0.05, 0) is 13.0 Å². The predicted molar refractivity (Wildman–Crippen MR) is 45.6 cm³/mol. The van der Waals surface area contributed by atoms with Crippen LogP contribution in [0, 0.1) is 0 Å². The molecule has 0 unspecified atom stereocenters. The molecule has 1 aliphatic heterocycles. The van der Waals surface area contributed by atoms with Gasteiger partial charge in [0.15, 0.2) is 0 Å². The van der Waals surface area contributed by atoms with E-state index in [-0.39, 0.29) is 6.61 Å². The molecule has 3 nitrogen and oxygen atoms in total. The summed E-state index contributed by atoms with van der Waals surface area (Å²) >= 11 is 0. The molecule has 0 aliphatic carbocycles. The van der Waals surface area contributed by atoms with Gasteiger partial charge in [-0.3, -0.25) is 4.90 Å². The van der Waals surface area contributed by atoms with E-state index in [4.69, 9.17) is 5.11 Å². The fraction of sp³-hybridized carbons (Fsp3) is 1.00. The minimum absolute atomic E-state index is 0.288. The van der Waals surface area contributed by atoms with Crippen LogP contribution in [0.15, 0.2) is 0 Å². The van der Waals surface area contributed by atoms with E-state index >= 15 is 0 Å². The normalized spacial score (nSPS) is 18.8. The van der Waals surface area contributed by atoms with Crippen molar-refractivity contribution in [1.82, 2.24) is 10.2 Å². The highest BCUT2D eigenvalue weighted by molar-refractivity contribution is 4.84. The highest BCUT2D eigenvalue weighted by atomic mass is 16.3. The molecule has 0 aromatic carbocycles. The summed E-state index contributed by atoms with van der Waals surface area (Å²) in [4.78, 5) is 2.36. The molecule has 2 N–H and O–H groups in total. The molecule has 1 saturated heterocycles. The van der Waals surface area contributed by atoms with Crippen LogP contribution in [0.3, 0.4) is 0 Å². The standard InChI is InChI=1S/C8H18N2O/c1-2-3-10(4-5-11)8-6-9-7-8/h8-9,11H,2-7H2,1H3. The van der Waals surface area contributed by atoms with Crippen molar-refractivity contribution < 1.29 is 5.11 Å². The van der Waals surface area contributed by atoms with Gasteiger partial charge in [-0.1, -0.05) is 6.92 Å². The molecule has 0 amide bonds. The molecule has 1 fully saturated rings. The number of hydrogen-bond acceptors (Lipinski definition) is 3. The number of rotatable bonds is 5. The summed E-state index contributed by atoms with van der Waals surface area (Å²) in [6.07, 6.45) is 1.18. The Morgan fingerprint density at radius 3 is 2.55 bits per heavy atom. The molecule has 1 rings (SSSR count). The zero-order chi connectivity index (χ0) is 8.10. The molecule has 1 aliphatic rings. The Morgan fingerprint density at radius 1 is 1.45 bits per heavy atom. The SMILES string of the molecule is CCCN(CCO)C1CNC1. The summed E-state index contributed by atoms with van der Waals surface area (Å²) in [5.41, 5.74) is 0. The number of nitrogens with one attached hydrogen (secondary N) is 1. The van der Waals surface area contributed by atoms with Crippen molar-refractivity contribution in [3.8, 4) is 0 Å². The predicted octanol–water partition coefficient (Wildman–Crippen LogP) is -0.337. The Balaban J connectivity index is 2.19. The van der Waals surface area contributed by atoms with Crippen molar-refractivity contribution in [1.29, 1.82) is 0 Å². The lowest BCUT2D eigenvalue weighted by Gasteiger charge is -2.37. The Hall–Kier alpha value is -0.120. The van der Waals surface area contributed by atoms with E-state index in [1.165, 1.54) is 6.42 Å². The van der Waals surface area contributed by atoms with Gasteiger partial charge in [0.1, 0.15) is 0 Å². The number of hydrogen-bond donors (Lipinski definition) is 2. The van der Waals surface area contributed by atoms with Gasteiger partial charge in [-0.15, -0.1) is 0 Å². The molecule has 0 atom stereocenters. The van der Waals surface area contributed by atoms with Gasteiger partial charge in [0.25, 0.3) is 0 Å². The molecule has 0 bridgehead atoms. The Bertz CT molecular complexity index is 98.3. The molecule has 0 aromatic rings. The summed E-state index contributed by atoms with van der Waals surface area (Å²) in [6, 6.07) is 0.682. The zero-order valence-corrected chi connectivity index (χ0v) is 7.21. The fourth-order valence-electron chi connectivity index (χ4n) is 1.42. The van der Waals surface area contributed by atoms with Crippen LogP contribution < -0.4 is 5.32 Å². The van der Waals surface area contributed by atoms with Crippen LogP contribution in [-0.2, 0) is 0 Å².